The van der Waals surface area contributed by atoms with E-state index in [0.29, 0.717) is 35.9 Å². The first-order valence-electron chi connectivity index (χ1n) is 17.2. The number of rotatable bonds is 18. The summed E-state index contributed by atoms with van der Waals surface area (Å²) in [6, 6.07) is 24.1. The highest BCUT2D eigenvalue weighted by molar-refractivity contribution is 5.64. The molecule has 0 aromatic heterocycles. The van der Waals surface area contributed by atoms with Gasteiger partial charge in [0.15, 0.2) is 6.29 Å². The fourth-order valence-electron chi connectivity index (χ4n) is 6.11. The Morgan fingerprint density at radius 2 is 1.11 bits per heavy atom. The van der Waals surface area contributed by atoms with Crippen LogP contribution in [0.15, 0.2) is 72.8 Å². The number of carbonyl (C=O) groups excluding carboxylic acids is 1. The molecule has 0 aliphatic heterocycles. The van der Waals surface area contributed by atoms with E-state index in [1.165, 1.54) is 16.7 Å². The van der Waals surface area contributed by atoms with E-state index >= 15 is 0 Å². The molecule has 0 bridgehead atoms. The molecule has 6 nitrogen and oxygen atoms in total. The van der Waals surface area contributed by atoms with E-state index < -0.39 is 11.8 Å². The summed E-state index contributed by atoms with van der Waals surface area (Å²) in [5.41, 5.74) is 3.32. The molecule has 0 radical (unpaired) electrons. The third-order valence-corrected chi connectivity index (χ3v) is 8.56. The summed E-state index contributed by atoms with van der Waals surface area (Å²) < 4.78 is 22.0. The molecular formula is C40H56O6. The normalized spacial score (nSPS) is 14.2. The predicted octanol–water partition coefficient (Wildman–Crippen LogP) is 11.3. The number of hydrogen-bond donors (Lipinski definition) is 1. The Hall–Kier alpha value is -3.51. The number of benzene rings is 3. The second-order valence-corrected chi connectivity index (χ2v) is 13.2. The average molecular weight is 633 g/mol. The number of aromatic hydroxyl groups is 1. The predicted molar refractivity (Wildman–Crippen MR) is 186 cm³/mol. The minimum absolute atomic E-state index is 0.256. The standard InChI is InChI=1S/C40H56O6/c1-8-30(33-19-25-37(26-20-33)44-29(4)43-10-3)13-11-15-32(35-17-23-36(41)24-18-35)16-12-14-31(9-2)34-21-27-38(28-22-34)45-39(42)46-40(5,6)7/h17-32,41H,8-16H2,1-7H3. The van der Waals surface area contributed by atoms with Crippen LogP contribution in [0.5, 0.6) is 17.2 Å². The molecule has 3 aromatic rings. The first-order valence-corrected chi connectivity index (χ1v) is 17.2. The van der Waals surface area contributed by atoms with Gasteiger partial charge in [0.1, 0.15) is 22.8 Å². The Kier molecular flexibility index (Phi) is 14.9. The maximum Gasteiger partial charge on any atom is 0.514 e. The fourth-order valence-corrected chi connectivity index (χ4v) is 6.11. The minimum Gasteiger partial charge on any atom is -0.508 e. The number of phenolic OH excluding ortho intramolecular Hbond substituents is 1. The van der Waals surface area contributed by atoms with Gasteiger partial charge in [-0.15, -0.1) is 0 Å². The molecule has 0 heterocycles. The molecule has 3 aromatic carbocycles. The quantitative estimate of drug-likeness (QED) is 0.0854. The van der Waals surface area contributed by atoms with E-state index in [2.05, 4.69) is 62.4 Å². The van der Waals surface area contributed by atoms with Crippen LogP contribution in [0.2, 0.25) is 0 Å². The smallest absolute Gasteiger partial charge is 0.508 e. The SMILES string of the molecule is CCOC(C)Oc1ccc(C(CC)CCCC(CCCC(CC)c2ccc(OC(=O)OC(C)(C)C)cc2)c2ccc(O)cc2)cc1. The van der Waals surface area contributed by atoms with Gasteiger partial charge in [0.2, 0.25) is 0 Å². The summed E-state index contributed by atoms with van der Waals surface area (Å²) in [5, 5.41) is 9.91. The van der Waals surface area contributed by atoms with Crippen molar-refractivity contribution in [2.45, 2.75) is 129 Å². The summed E-state index contributed by atoms with van der Waals surface area (Å²) in [6.45, 7) is 14.5. The van der Waals surface area contributed by atoms with E-state index in [-0.39, 0.29) is 6.29 Å². The van der Waals surface area contributed by atoms with Crippen LogP contribution >= 0.6 is 0 Å². The van der Waals surface area contributed by atoms with Crippen molar-refractivity contribution in [2.75, 3.05) is 6.61 Å². The summed E-state index contributed by atoms with van der Waals surface area (Å²) in [4.78, 5) is 12.0. The molecule has 0 fully saturated rings. The molecule has 252 valence electrons. The maximum atomic E-state index is 12.0. The van der Waals surface area contributed by atoms with Crippen LogP contribution in [0.4, 0.5) is 4.79 Å². The Morgan fingerprint density at radius 1 is 0.674 bits per heavy atom. The van der Waals surface area contributed by atoms with Gasteiger partial charge in [-0.1, -0.05) is 63.1 Å². The van der Waals surface area contributed by atoms with Gasteiger partial charge in [-0.05, 0) is 144 Å². The highest BCUT2D eigenvalue weighted by Crippen LogP contribution is 2.35. The lowest BCUT2D eigenvalue weighted by Gasteiger charge is -2.22. The molecule has 0 spiro atoms. The molecule has 4 atom stereocenters. The molecule has 0 aliphatic carbocycles. The number of phenols is 1. The molecule has 46 heavy (non-hydrogen) atoms. The highest BCUT2D eigenvalue weighted by atomic mass is 16.7. The van der Waals surface area contributed by atoms with Gasteiger partial charge in [0.25, 0.3) is 0 Å². The van der Waals surface area contributed by atoms with Gasteiger partial charge in [-0.25, -0.2) is 4.79 Å². The Morgan fingerprint density at radius 3 is 1.57 bits per heavy atom. The maximum absolute atomic E-state index is 12.0. The molecule has 0 amide bonds. The minimum atomic E-state index is -0.687. The topological polar surface area (TPSA) is 74.2 Å². The van der Waals surface area contributed by atoms with Crippen LogP contribution in [0, 0.1) is 0 Å². The van der Waals surface area contributed by atoms with E-state index in [9.17, 15) is 9.90 Å². The third kappa shape index (κ3) is 12.7. The molecular weight excluding hydrogens is 576 g/mol. The average Bonchev–Trinajstić information content (AvgIpc) is 3.01. The van der Waals surface area contributed by atoms with Gasteiger partial charge < -0.3 is 24.1 Å². The van der Waals surface area contributed by atoms with Crippen molar-refractivity contribution in [3.8, 4) is 17.2 Å². The zero-order valence-electron chi connectivity index (χ0n) is 29.1. The van der Waals surface area contributed by atoms with Gasteiger partial charge >= 0.3 is 6.16 Å². The first kappa shape index (κ1) is 37.0. The summed E-state index contributed by atoms with van der Waals surface area (Å²) in [5.74, 6) is 3.01. The van der Waals surface area contributed by atoms with Crippen LogP contribution in [0.3, 0.4) is 0 Å². The van der Waals surface area contributed by atoms with E-state index in [1.807, 2.05) is 58.9 Å². The molecule has 0 aliphatic rings. The van der Waals surface area contributed by atoms with Crippen molar-refractivity contribution >= 4 is 6.16 Å². The molecule has 1 N–H and O–H groups in total. The summed E-state index contributed by atoms with van der Waals surface area (Å²) in [7, 11) is 0. The Labute approximate surface area is 277 Å². The Balaban J connectivity index is 1.57. The monoisotopic (exact) mass is 632 g/mol. The molecule has 3 rings (SSSR count). The first-order chi connectivity index (χ1) is 22.0. The second kappa shape index (κ2) is 18.6. The summed E-state index contributed by atoms with van der Waals surface area (Å²) >= 11 is 0. The molecule has 6 heteroatoms. The lowest BCUT2D eigenvalue weighted by Crippen LogP contribution is -2.25. The number of hydrogen-bond acceptors (Lipinski definition) is 6. The van der Waals surface area contributed by atoms with Crippen molar-refractivity contribution in [1.82, 2.24) is 0 Å². The lowest BCUT2D eigenvalue weighted by molar-refractivity contribution is -0.0613. The van der Waals surface area contributed by atoms with Crippen LogP contribution in [-0.2, 0) is 9.47 Å². The van der Waals surface area contributed by atoms with Crippen molar-refractivity contribution < 1.29 is 28.8 Å². The van der Waals surface area contributed by atoms with Crippen molar-refractivity contribution in [2.24, 2.45) is 0 Å². The third-order valence-electron chi connectivity index (χ3n) is 8.56. The number of ether oxygens (including phenoxy) is 4. The highest BCUT2D eigenvalue weighted by Gasteiger charge is 2.19. The molecule has 4 unspecified atom stereocenters. The zero-order chi connectivity index (χ0) is 33.5. The summed E-state index contributed by atoms with van der Waals surface area (Å²) in [6.07, 6.45) is 7.88. The van der Waals surface area contributed by atoms with E-state index in [0.717, 1.165) is 57.1 Å². The fraction of sp³-hybridized carbons (Fsp3) is 0.525. The van der Waals surface area contributed by atoms with Crippen molar-refractivity contribution in [1.29, 1.82) is 0 Å². The van der Waals surface area contributed by atoms with Gasteiger partial charge in [0.05, 0.1) is 0 Å². The van der Waals surface area contributed by atoms with Crippen molar-refractivity contribution in [3.05, 3.63) is 89.5 Å². The lowest BCUT2D eigenvalue weighted by atomic mass is 9.83. The largest absolute Gasteiger partial charge is 0.514 e. The van der Waals surface area contributed by atoms with E-state index in [4.69, 9.17) is 18.9 Å². The van der Waals surface area contributed by atoms with Gasteiger partial charge in [-0.3, -0.25) is 0 Å². The molecule has 0 saturated carbocycles. The van der Waals surface area contributed by atoms with Crippen LogP contribution in [-0.4, -0.2) is 29.8 Å². The molecule has 0 saturated heterocycles. The second-order valence-electron chi connectivity index (χ2n) is 13.2. The van der Waals surface area contributed by atoms with Gasteiger partial charge in [0, 0.05) is 6.61 Å². The van der Waals surface area contributed by atoms with Crippen LogP contribution < -0.4 is 9.47 Å². The number of carbonyl (C=O) groups is 1. The zero-order valence-corrected chi connectivity index (χ0v) is 29.1. The van der Waals surface area contributed by atoms with E-state index in [1.54, 1.807) is 0 Å². The van der Waals surface area contributed by atoms with Gasteiger partial charge in [-0.2, -0.15) is 0 Å². The Bertz CT molecular complexity index is 1280. The van der Waals surface area contributed by atoms with Crippen LogP contribution in [0.25, 0.3) is 0 Å². The van der Waals surface area contributed by atoms with Crippen LogP contribution in [0.1, 0.15) is 134 Å². The van der Waals surface area contributed by atoms with Crippen molar-refractivity contribution in [3.63, 3.8) is 0 Å².